The molecule has 1 aromatic carbocycles. The van der Waals surface area contributed by atoms with E-state index in [-0.39, 0.29) is 11.6 Å². The molecule has 0 aromatic heterocycles. The number of benzene rings is 1. The van der Waals surface area contributed by atoms with Gasteiger partial charge in [-0.05, 0) is 30.4 Å². The van der Waals surface area contributed by atoms with Crippen molar-refractivity contribution >= 4 is 11.7 Å². The van der Waals surface area contributed by atoms with E-state index >= 15 is 0 Å². The molecule has 6 nitrogen and oxygen atoms in total. The van der Waals surface area contributed by atoms with E-state index in [1.165, 1.54) is 12.1 Å². The largest absolute Gasteiger partial charge is 0.480 e. The second-order valence-corrected chi connectivity index (χ2v) is 5.27. The van der Waals surface area contributed by atoms with E-state index in [1.807, 2.05) is 13.8 Å². The monoisotopic (exact) mass is 280 g/mol. The fourth-order valence-electron chi connectivity index (χ4n) is 1.97. The maximum atomic E-state index is 11.1. The van der Waals surface area contributed by atoms with E-state index in [0.29, 0.717) is 13.0 Å². The summed E-state index contributed by atoms with van der Waals surface area (Å²) in [4.78, 5) is 21.3. The SMILES string of the molecule is Cc1cc([N+](=O)[O-])ccc1CN[C@@H](CC(C)C)C(=O)O. The van der Waals surface area contributed by atoms with Crippen LogP contribution in [0.4, 0.5) is 5.69 Å². The topological polar surface area (TPSA) is 92.5 Å². The van der Waals surface area contributed by atoms with Gasteiger partial charge in [0.1, 0.15) is 6.04 Å². The molecule has 0 saturated heterocycles. The third kappa shape index (κ3) is 4.62. The molecule has 0 aliphatic heterocycles. The number of hydrogen-bond acceptors (Lipinski definition) is 4. The molecule has 20 heavy (non-hydrogen) atoms. The van der Waals surface area contributed by atoms with Gasteiger partial charge in [0.15, 0.2) is 0 Å². The standard InChI is InChI=1S/C14H20N2O4/c1-9(2)6-13(14(17)18)15-8-11-4-5-12(16(19)20)7-10(11)3/h4-5,7,9,13,15H,6,8H2,1-3H3,(H,17,18)/t13-/m0/s1. The minimum Gasteiger partial charge on any atom is -0.480 e. The summed E-state index contributed by atoms with van der Waals surface area (Å²) in [5.41, 5.74) is 1.69. The van der Waals surface area contributed by atoms with Gasteiger partial charge in [-0.25, -0.2) is 0 Å². The molecule has 0 unspecified atom stereocenters. The van der Waals surface area contributed by atoms with Crippen LogP contribution in [-0.4, -0.2) is 22.0 Å². The molecule has 0 aliphatic carbocycles. The van der Waals surface area contributed by atoms with Crippen molar-refractivity contribution in [3.05, 3.63) is 39.4 Å². The number of nitro groups is 1. The van der Waals surface area contributed by atoms with Crippen LogP contribution in [0.5, 0.6) is 0 Å². The number of rotatable bonds is 7. The van der Waals surface area contributed by atoms with Crippen molar-refractivity contribution in [3.63, 3.8) is 0 Å². The minimum absolute atomic E-state index is 0.0446. The predicted octanol–water partition coefficient (Wildman–Crippen LogP) is 2.49. The fraction of sp³-hybridized carbons (Fsp3) is 0.500. The summed E-state index contributed by atoms with van der Waals surface area (Å²) in [5.74, 6) is -0.597. The summed E-state index contributed by atoms with van der Waals surface area (Å²) in [6.45, 7) is 6.10. The van der Waals surface area contributed by atoms with Crippen LogP contribution in [0, 0.1) is 23.0 Å². The molecule has 0 amide bonds. The highest BCUT2D eigenvalue weighted by Gasteiger charge is 2.18. The summed E-state index contributed by atoms with van der Waals surface area (Å²) in [6, 6.07) is 3.98. The number of carboxylic acids is 1. The van der Waals surface area contributed by atoms with Gasteiger partial charge in [0, 0.05) is 18.7 Å². The second-order valence-electron chi connectivity index (χ2n) is 5.27. The Labute approximate surface area is 118 Å². The minimum atomic E-state index is -0.877. The van der Waals surface area contributed by atoms with E-state index in [0.717, 1.165) is 11.1 Å². The van der Waals surface area contributed by atoms with Gasteiger partial charge in [-0.1, -0.05) is 19.9 Å². The average Bonchev–Trinajstić information content (AvgIpc) is 2.34. The lowest BCUT2D eigenvalue weighted by atomic mass is 10.0. The summed E-state index contributed by atoms with van der Waals surface area (Å²) in [7, 11) is 0. The van der Waals surface area contributed by atoms with Crippen LogP contribution in [0.2, 0.25) is 0 Å². The molecule has 0 bridgehead atoms. The van der Waals surface area contributed by atoms with Crippen molar-refractivity contribution < 1.29 is 14.8 Å². The van der Waals surface area contributed by atoms with Crippen molar-refractivity contribution in [1.82, 2.24) is 5.32 Å². The summed E-state index contributed by atoms with van der Waals surface area (Å²) >= 11 is 0. The van der Waals surface area contributed by atoms with Crippen LogP contribution in [0.3, 0.4) is 0 Å². The molecule has 0 aliphatic rings. The number of non-ortho nitro benzene ring substituents is 1. The molecular weight excluding hydrogens is 260 g/mol. The lowest BCUT2D eigenvalue weighted by Crippen LogP contribution is -2.37. The first-order valence-corrected chi connectivity index (χ1v) is 6.51. The summed E-state index contributed by atoms with van der Waals surface area (Å²) in [5, 5.41) is 22.8. The predicted molar refractivity (Wildman–Crippen MR) is 75.6 cm³/mol. The Balaban J connectivity index is 2.73. The van der Waals surface area contributed by atoms with Crippen LogP contribution < -0.4 is 5.32 Å². The highest BCUT2D eigenvalue weighted by molar-refractivity contribution is 5.73. The first-order valence-electron chi connectivity index (χ1n) is 6.51. The molecule has 1 aromatic rings. The molecule has 2 N–H and O–H groups in total. The maximum Gasteiger partial charge on any atom is 0.320 e. The quantitative estimate of drug-likeness (QED) is 0.591. The zero-order valence-electron chi connectivity index (χ0n) is 11.9. The lowest BCUT2D eigenvalue weighted by molar-refractivity contribution is -0.384. The van der Waals surface area contributed by atoms with Crippen LogP contribution in [-0.2, 0) is 11.3 Å². The number of aliphatic carboxylic acids is 1. The van der Waals surface area contributed by atoms with Crippen LogP contribution in [0.1, 0.15) is 31.4 Å². The second kappa shape index (κ2) is 7.00. The normalized spacial score (nSPS) is 12.4. The third-order valence-electron chi connectivity index (χ3n) is 3.08. The van der Waals surface area contributed by atoms with Crippen molar-refractivity contribution in [1.29, 1.82) is 0 Å². The van der Waals surface area contributed by atoms with E-state index in [4.69, 9.17) is 5.11 Å². The molecular formula is C14H20N2O4. The number of nitrogens with one attached hydrogen (secondary N) is 1. The smallest absolute Gasteiger partial charge is 0.320 e. The Morgan fingerprint density at radius 3 is 2.55 bits per heavy atom. The molecule has 0 radical (unpaired) electrons. The van der Waals surface area contributed by atoms with Crippen molar-refractivity contribution in [3.8, 4) is 0 Å². The third-order valence-corrected chi connectivity index (χ3v) is 3.08. The van der Waals surface area contributed by atoms with Gasteiger partial charge in [0.25, 0.3) is 5.69 Å². The zero-order chi connectivity index (χ0) is 15.3. The summed E-state index contributed by atoms with van der Waals surface area (Å²) in [6.07, 6.45) is 0.543. The van der Waals surface area contributed by atoms with Crippen LogP contribution in [0.15, 0.2) is 18.2 Å². The van der Waals surface area contributed by atoms with Gasteiger partial charge in [-0.15, -0.1) is 0 Å². The highest BCUT2D eigenvalue weighted by atomic mass is 16.6. The Hall–Kier alpha value is -1.95. The van der Waals surface area contributed by atoms with Gasteiger partial charge in [-0.3, -0.25) is 14.9 Å². The molecule has 110 valence electrons. The molecule has 6 heteroatoms. The average molecular weight is 280 g/mol. The molecule has 0 saturated carbocycles. The van der Waals surface area contributed by atoms with Gasteiger partial charge in [-0.2, -0.15) is 0 Å². The molecule has 1 rings (SSSR count). The Morgan fingerprint density at radius 1 is 1.45 bits per heavy atom. The van der Waals surface area contributed by atoms with E-state index in [1.54, 1.807) is 13.0 Å². The number of carbonyl (C=O) groups is 1. The summed E-state index contributed by atoms with van der Waals surface area (Å²) < 4.78 is 0. The van der Waals surface area contributed by atoms with Gasteiger partial charge < -0.3 is 10.4 Å². The van der Waals surface area contributed by atoms with Gasteiger partial charge in [0.05, 0.1) is 4.92 Å². The number of carboxylic acid groups (broad SMARTS) is 1. The van der Waals surface area contributed by atoms with E-state index in [9.17, 15) is 14.9 Å². The van der Waals surface area contributed by atoms with E-state index < -0.39 is 16.9 Å². The molecule has 0 fully saturated rings. The number of hydrogen-bond donors (Lipinski definition) is 2. The van der Waals surface area contributed by atoms with Crippen LogP contribution >= 0.6 is 0 Å². The number of nitrogens with zero attached hydrogens (tertiary/aromatic N) is 1. The fourth-order valence-corrected chi connectivity index (χ4v) is 1.97. The van der Waals surface area contributed by atoms with Crippen LogP contribution in [0.25, 0.3) is 0 Å². The van der Waals surface area contributed by atoms with Crippen molar-refractivity contribution in [2.45, 2.75) is 39.8 Å². The number of aryl methyl sites for hydroxylation is 1. The van der Waals surface area contributed by atoms with Crippen molar-refractivity contribution in [2.24, 2.45) is 5.92 Å². The van der Waals surface area contributed by atoms with Gasteiger partial charge in [0.2, 0.25) is 0 Å². The van der Waals surface area contributed by atoms with E-state index in [2.05, 4.69) is 5.32 Å². The zero-order valence-corrected chi connectivity index (χ0v) is 11.9. The number of nitro benzene ring substituents is 1. The Bertz CT molecular complexity index is 500. The van der Waals surface area contributed by atoms with Crippen molar-refractivity contribution in [2.75, 3.05) is 0 Å². The van der Waals surface area contributed by atoms with Gasteiger partial charge >= 0.3 is 5.97 Å². The molecule has 1 atom stereocenters. The Kier molecular flexibility index (Phi) is 5.64. The lowest BCUT2D eigenvalue weighted by Gasteiger charge is -2.17. The first-order chi connectivity index (χ1) is 9.31. The highest BCUT2D eigenvalue weighted by Crippen LogP contribution is 2.17. The Morgan fingerprint density at radius 2 is 2.10 bits per heavy atom. The molecule has 0 spiro atoms. The maximum absolute atomic E-state index is 11.1. The molecule has 0 heterocycles. The first kappa shape index (κ1) is 16.1.